The van der Waals surface area contributed by atoms with Crippen LogP contribution in [0.4, 0.5) is 0 Å². The van der Waals surface area contributed by atoms with Crippen LogP contribution in [0.25, 0.3) is 23.1 Å². The number of rotatable bonds is 5. The third-order valence-corrected chi connectivity index (χ3v) is 4.50. The second kappa shape index (κ2) is 7.88. The molecule has 0 amide bonds. The van der Waals surface area contributed by atoms with Crippen molar-refractivity contribution >= 4 is 23.1 Å². The molecule has 2 aromatic carbocycles. The molecule has 0 aliphatic heterocycles. The fourth-order valence-electron chi connectivity index (χ4n) is 3.02. The summed E-state index contributed by atoms with van der Waals surface area (Å²) < 4.78 is 6.91. The van der Waals surface area contributed by atoms with Gasteiger partial charge in [0.2, 0.25) is 0 Å². The van der Waals surface area contributed by atoms with Gasteiger partial charge in [-0.1, -0.05) is 30.3 Å². The Labute approximate surface area is 162 Å². The van der Waals surface area contributed by atoms with Crippen molar-refractivity contribution in [3.05, 3.63) is 100 Å². The van der Waals surface area contributed by atoms with E-state index in [2.05, 4.69) is 4.98 Å². The lowest BCUT2D eigenvalue weighted by Crippen LogP contribution is -2.24. The van der Waals surface area contributed by atoms with E-state index in [9.17, 15) is 4.79 Å². The summed E-state index contributed by atoms with van der Waals surface area (Å²) in [7, 11) is 1.63. The maximum absolute atomic E-state index is 13.1. The molecule has 0 atom stereocenters. The first-order valence-electron chi connectivity index (χ1n) is 8.95. The molecule has 4 rings (SSSR count). The van der Waals surface area contributed by atoms with E-state index in [0.717, 1.165) is 16.9 Å². The summed E-state index contributed by atoms with van der Waals surface area (Å²) >= 11 is 0. The van der Waals surface area contributed by atoms with E-state index in [-0.39, 0.29) is 5.56 Å². The fraction of sp³-hybridized carbons (Fsp3) is 0.0870. The number of methoxy groups -OCH3 is 1. The van der Waals surface area contributed by atoms with Gasteiger partial charge in [0.1, 0.15) is 11.6 Å². The molecule has 0 N–H and O–H groups in total. The summed E-state index contributed by atoms with van der Waals surface area (Å²) in [4.78, 5) is 22.0. The fourth-order valence-corrected chi connectivity index (χ4v) is 3.02. The Morgan fingerprint density at radius 1 is 1.00 bits per heavy atom. The van der Waals surface area contributed by atoms with Crippen LogP contribution in [-0.4, -0.2) is 21.6 Å². The minimum atomic E-state index is -0.0627. The largest absolute Gasteiger partial charge is 0.497 e. The first-order chi connectivity index (χ1) is 13.7. The Bertz CT molecular complexity index is 1180. The van der Waals surface area contributed by atoms with Crippen LogP contribution >= 0.6 is 0 Å². The molecule has 28 heavy (non-hydrogen) atoms. The molecule has 2 aromatic heterocycles. The van der Waals surface area contributed by atoms with E-state index >= 15 is 0 Å². The lowest BCUT2D eigenvalue weighted by atomic mass is 10.2. The molecule has 0 radical (unpaired) electrons. The SMILES string of the molecule is COc1ccc(Cn2c(/C=C/c3cccnc3)nc3ccccc3c2=O)cc1. The Hall–Kier alpha value is -3.73. The standard InChI is InChI=1S/C23H19N3O2/c1-28-19-11-8-18(9-12-19)16-26-22(13-10-17-5-4-14-24-15-17)25-21-7-3-2-6-20(21)23(26)27/h2-15H,16H2,1H3/b13-10+. The Morgan fingerprint density at radius 2 is 1.82 bits per heavy atom. The van der Waals surface area contributed by atoms with Crippen LogP contribution in [0.3, 0.4) is 0 Å². The molecule has 0 saturated heterocycles. The molecule has 0 spiro atoms. The Morgan fingerprint density at radius 3 is 2.57 bits per heavy atom. The van der Waals surface area contributed by atoms with Gasteiger partial charge in [0.15, 0.2) is 0 Å². The van der Waals surface area contributed by atoms with E-state index in [4.69, 9.17) is 9.72 Å². The van der Waals surface area contributed by atoms with E-state index in [1.807, 2.05) is 72.8 Å². The van der Waals surface area contributed by atoms with E-state index in [1.54, 1.807) is 24.1 Å². The van der Waals surface area contributed by atoms with Crippen molar-refractivity contribution in [1.29, 1.82) is 0 Å². The minimum Gasteiger partial charge on any atom is -0.497 e. The van der Waals surface area contributed by atoms with Crippen molar-refractivity contribution in [2.45, 2.75) is 6.54 Å². The Kier molecular flexibility index (Phi) is 4.97. The van der Waals surface area contributed by atoms with Crippen molar-refractivity contribution in [2.24, 2.45) is 0 Å². The molecule has 4 aromatic rings. The first-order valence-corrected chi connectivity index (χ1v) is 8.95. The molecule has 2 heterocycles. The second-order valence-corrected chi connectivity index (χ2v) is 6.35. The molecule has 5 heteroatoms. The highest BCUT2D eigenvalue weighted by atomic mass is 16.5. The highest BCUT2D eigenvalue weighted by Gasteiger charge is 2.10. The summed E-state index contributed by atoms with van der Waals surface area (Å²) in [5.74, 6) is 1.38. The lowest BCUT2D eigenvalue weighted by Gasteiger charge is -2.12. The summed E-state index contributed by atoms with van der Waals surface area (Å²) in [6.07, 6.45) is 7.26. The summed E-state index contributed by atoms with van der Waals surface area (Å²) in [5, 5.41) is 0.606. The van der Waals surface area contributed by atoms with Gasteiger partial charge in [-0.3, -0.25) is 14.3 Å². The summed E-state index contributed by atoms with van der Waals surface area (Å²) in [6.45, 7) is 0.424. The molecular weight excluding hydrogens is 350 g/mol. The van der Waals surface area contributed by atoms with Gasteiger partial charge in [-0.2, -0.15) is 0 Å². The number of fused-ring (bicyclic) bond motifs is 1. The van der Waals surface area contributed by atoms with E-state index < -0.39 is 0 Å². The molecule has 0 unspecified atom stereocenters. The van der Waals surface area contributed by atoms with Gasteiger partial charge < -0.3 is 4.74 Å². The quantitative estimate of drug-likeness (QED) is 0.533. The van der Waals surface area contributed by atoms with Crippen molar-refractivity contribution in [2.75, 3.05) is 7.11 Å². The topological polar surface area (TPSA) is 57.0 Å². The van der Waals surface area contributed by atoms with Crippen molar-refractivity contribution in [1.82, 2.24) is 14.5 Å². The molecule has 0 aliphatic rings. The second-order valence-electron chi connectivity index (χ2n) is 6.35. The number of benzene rings is 2. The normalized spacial score (nSPS) is 11.2. The molecule has 0 saturated carbocycles. The highest BCUT2D eigenvalue weighted by Crippen LogP contribution is 2.15. The van der Waals surface area contributed by atoms with Gasteiger partial charge in [0.05, 0.1) is 24.6 Å². The summed E-state index contributed by atoms with van der Waals surface area (Å²) in [5.41, 5.74) is 2.56. The maximum Gasteiger partial charge on any atom is 0.261 e. The molecule has 138 valence electrons. The molecule has 0 aliphatic carbocycles. The van der Waals surface area contributed by atoms with Gasteiger partial charge >= 0.3 is 0 Å². The average Bonchev–Trinajstić information content (AvgIpc) is 2.76. The third-order valence-electron chi connectivity index (χ3n) is 4.50. The van der Waals surface area contributed by atoms with Gasteiger partial charge in [-0.15, -0.1) is 0 Å². The van der Waals surface area contributed by atoms with Gasteiger partial charge in [-0.25, -0.2) is 4.98 Å². The van der Waals surface area contributed by atoms with E-state index in [1.165, 1.54) is 0 Å². The molecule has 0 bridgehead atoms. The monoisotopic (exact) mass is 369 g/mol. The average molecular weight is 369 g/mol. The molecule has 0 fully saturated rings. The van der Waals surface area contributed by atoms with Crippen molar-refractivity contribution < 1.29 is 4.74 Å². The Balaban J connectivity index is 1.80. The molecule has 5 nitrogen and oxygen atoms in total. The van der Waals surface area contributed by atoms with Crippen LogP contribution < -0.4 is 10.3 Å². The zero-order chi connectivity index (χ0) is 19.3. The predicted octanol–water partition coefficient (Wildman–Crippen LogP) is 4.02. The number of pyridine rings is 1. The van der Waals surface area contributed by atoms with Crippen LogP contribution in [0, 0.1) is 0 Å². The first kappa shape index (κ1) is 17.7. The minimum absolute atomic E-state index is 0.0627. The van der Waals surface area contributed by atoms with Crippen LogP contribution in [0.5, 0.6) is 5.75 Å². The van der Waals surface area contributed by atoms with Gasteiger partial charge in [0, 0.05) is 12.4 Å². The molecular formula is C23H19N3O2. The maximum atomic E-state index is 13.1. The highest BCUT2D eigenvalue weighted by molar-refractivity contribution is 5.79. The number of nitrogens with zero attached hydrogens (tertiary/aromatic N) is 3. The summed E-state index contributed by atoms with van der Waals surface area (Å²) in [6, 6.07) is 18.9. The van der Waals surface area contributed by atoms with Crippen LogP contribution in [-0.2, 0) is 6.54 Å². The number of aromatic nitrogens is 3. The van der Waals surface area contributed by atoms with E-state index in [0.29, 0.717) is 23.3 Å². The van der Waals surface area contributed by atoms with Crippen molar-refractivity contribution in [3.8, 4) is 5.75 Å². The number of para-hydroxylation sites is 1. The predicted molar refractivity (Wildman–Crippen MR) is 111 cm³/mol. The lowest BCUT2D eigenvalue weighted by molar-refractivity contribution is 0.414. The van der Waals surface area contributed by atoms with Crippen LogP contribution in [0.2, 0.25) is 0 Å². The smallest absolute Gasteiger partial charge is 0.261 e. The van der Waals surface area contributed by atoms with Gasteiger partial charge in [0.25, 0.3) is 5.56 Å². The van der Waals surface area contributed by atoms with Crippen LogP contribution in [0.15, 0.2) is 77.9 Å². The third kappa shape index (κ3) is 3.69. The number of ether oxygens (including phenoxy) is 1. The van der Waals surface area contributed by atoms with Crippen LogP contribution in [0.1, 0.15) is 17.0 Å². The number of hydrogen-bond acceptors (Lipinski definition) is 4. The zero-order valence-electron chi connectivity index (χ0n) is 15.4. The zero-order valence-corrected chi connectivity index (χ0v) is 15.4. The van der Waals surface area contributed by atoms with Gasteiger partial charge in [-0.05, 0) is 53.6 Å². The number of hydrogen-bond donors (Lipinski definition) is 0. The van der Waals surface area contributed by atoms with Crippen molar-refractivity contribution in [3.63, 3.8) is 0 Å².